The molecule has 0 unspecified atom stereocenters. The highest BCUT2D eigenvalue weighted by molar-refractivity contribution is 6.34. The van der Waals surface area contributed by atoms with Gasteiger partial charge in [0, 0.05) is 0 Å². The van der Waals surface area contributed by atoms with Gasteiger partial charge in [-0.05, 0) is 121 Å². The maximum absolute atomic E-state index is 9.66. The molecule has 0 heteroatoms. The predicted octanol–water partition coefficient (Wildman–Crippen LogP) is 14.8. The Morgan fingerprint density at radius 1 is 0.288 bits per heavy atom. The Kier molecular flexibility index (Phi) is 4.85. The topological polar surface area (TPSA) is 0 Å². The molecule has 0 nitrogen and oxygen atoms in total. The van der Waals surface area contributed by atoms with Crippen molar-refractivity contribution in [2.75, 3.05) is 0 Å². The van der Waals surface area contributed by atoms with Crippen molar-refractivity contribution in [1.82, 2.24) is 0 Å². The fourth-order valence-electron chi connectivity index (χ4n) is 8.48. The average Bonchev–Trinajstić information content (AvgIpc) is 3.29. The van der Waals surface area contributed by atoms with Crippen LogP contribution in [0.2, 0.25) is 0 Å². The van der Waals surface area contributed by atoms with Gasteiger partial charge >= 0.3 is 0 Å². The zero-order chi connectivity index (χ0) is 41.1. The van der Waals surface area contributed by atoms with E-state index in [2.05, 4.69) is 54.6 Å². The summed E-state index contributed by atoms with van der Waals surface area (Å²) in [6, 6.07) is 45.6. The monoisotopic (exact) mass is 664 g/mol. The van der Waals surface area contributed by atoms with Crippen molar-refractivity contribution < 1.29 is 11.0 Å². The summed E-state index contributed by atoms with van der Waals surface area (Å²) in [6.07, 6.45) is 0. The Morgan fingerprint density at radius 2 is 0.750 bits per heavy atom. The quantitative estimate of drug-likeness (QED) is 0.130. The molecule has 0 radical (unpaired) electrons. The van der Waals surface area contributed by atoms with Gasteiger partial charge < -0.3 is 0 Å². The van der Waals surface area contributed by atoms with Crippen LogP contribution < -0.4 is 0 Å². The molecule has 0 aliphatic heterocycles. The van der Waals surface area contributed by atoms with E-state index in [9.17, 15) is 5.48 Å². The summed E-state index contributed by atoms with van der Waals surface area (Å²) in [5.41, 5.74) is 3.66. The predicted molar refractivity (Wildman–Crippen MR) is 225 cm³/mol. The van der Waals surface area contributed by atoms with Crippen LogP contribution in [0, 0.1) is 0 Å². The SMILES string of the molecule is [2H]c1c([2H])c([2H])c2c(-c3cc4c5ccccc5c5ccccc5c4c4ccccc34)c3c([2H])c([2H])c([2H])c([2H])c3c(-c3cccc(-c4cccc5ccccc45)c3)c2c1[2H]. The van der Waals surface area contributed by atoms with Crippen molar-refractivity contribution in [2.45, 2.75) is 0 Å². The van der Waals surface area contributed by atoms with Gasteiger partial charge in [0.05, 0.1) is 11.0 Å². The van der Waals surface area contributed by atoms with Gasteiger partial charge in [-0.15, -0.1) is 0 Å². The molecule has 52 heavy (non-hydrogen) atoms. The highest BCUT2D eigenvalue weighted by Crippen LogP contribution is 2.49. The molecule has 0 heterocycles. The van der Waals surface area contributed by atoms with Gasteiger partial charge in [0.15, 0.2) is 0 Å². The van der Waals surface area contributed by atoms with Crippen LogP contribution >= 0.6 is 0 Å². The maximum Gasteiger partial charge on any atom is 0.0629 e. The summed E-state index contributed by atoms with van der Waals surface area (Å²) < 4.78 is 74.7. The normalized spacial score (nSPS) is 14.0. The largest absolute Gasteiger partial charge is 0.0629 e. The van der Waals surface area contributed by atoms with Crippen LogP contribution in [0.4, 0.5) is 0 Å². The molecule has 0 amide bonds. The molecule has 0 saturated carbocycles. The average molecular weight is 665 g/mol. The maximum atomic E-state index is 9.66. The molecule has 0 aliphatic rings. The molecule has 0 atom stereocenters. The van der Waals surface area contributed by atoms with E-state index in [1.807, 2.05) is 91.0 Å². The minimum absolute atomic E-state index is 0.191. The number of hydrogen-bond acceptors (Lipinski definition) is 0. The minimum Gasteiger partial charge on any atom is -0.0616 e. The van der Waals surface area contributed by atoms with Crippen molar-refractivity contribution in [2.24, 2.45) is 0 Å². The Bertz CT molecular complexity index is 3620. The molecular weight excluding hydrogens is 625 g/mol. The van der Waals surface area contributed by atoms with Gasteiger partial charge in [0.25, 0.3) is 0 Å². The van der Waals surface area contributed by atoms with Gasteiger partial charge in [-0.25, -0.2) is 0 Å². The van der Waals surface area contributed by atoms with Crippen LogP contribution in [0.5, 0.6) is 0 Å². The Morgan fingerprint density at radius 3 is 1.42 bits per heavy atom. The van der Waals surface area contributed by atoms with Crippen LogP contribution in [-0.2, 0) is 0 Å². The van der Waals surface area contributed by atoms with Crippen LogP contribution in [0.15, 0.2) is 194 Å². The molecule has 0 aliphatic carbocycles. The lowest BCUT2D eigenvalue weighted by atomic mass is 9.82. The van der Waals surface area contributed by atoms with E-state index in [4.69, 9.17) is 5.48 Å². The second-order valence-corrected chi connectivity index (χ2v) is 13.3. The van der Waals surface area contributed by atoms with Crippen LogP contribution in [-0.4, -0.2) is 0 Å². The number of fused-ring (bicyclic) bond motifs is 11. The van der Waals surface area contributed by atoms with Crippen molar-refractivity contribution in [3.05, 3.63) is 194 Å². The minimum atomic E-state index is -0.425. The van der Waals surface area contributed by atoms with Crippen molar-refractivity contribution >= 4 is 75.4 Å². The van der Waals surface area contributed by atoms with Crippen LogP contribution in [0.1, 0.15) is 11.0 Å². The summed E-state index contributed by atoms with van der Waals surface area (Å²) in [4.78, 5) is 0. The van der Waals surface area contributed by atoms with Gasteiger partial charge in [-0.2, -0.15) is 0 Å². The number of hydrogen-bond donors (Lipinski definition) is 0. The lowest BCUT2D eigenvalue weighted by molar-refractivity contribution is 1.63. The molecule has 0 fully saturated rings. The molecular formula is C52H32. The Balaban J connectivity index is 1.38. The number of rotatable bonds is 3. The fraction of sp³-hybridized carbons (Fsp3) is 0. The van der Waals surface area contributed by atoms with Crippen LogP contribution in [0.25, 0.3) is 109 Å². The first-order chi connectivity index (χ1) is 29.2. The van der Waals surface area contributed by atoms with Gasteiger partial charge in [-0.1, -0.05) is 182 Å². The third-order valence-corrected chi connectivity index (χ3v) is 10.6. The van der Waals surface area contributed by atoms with Gasteiger partial charge in [-0.3, -0.25) is 0 Å². The van der Waals surface area contributed by atoms with E-state index >= 15 is 0 Å². The van der Waals surface area contributed by atoms with Gasteiger partial charge in [0.1, 0.15) is 0 Å². The Labute approximate surface area is 313 Å². The second kappa shape index (κ2) is 11.4. The smallest absolute Gasteiger partial charge is 0.0616 e. The molecule has 11 aromatic rings. The first-order valence-electron chi connectivity index (χ1n) is 21.5. The molecule has 0 aromatic heterocycles. The van der Waals surface area contributed by atoms with Crippen molar-refractivity contribution in [3.8, 4) is 33.4 Å². The lowest BCUT2D eigenvalue weighted by Gasteiger charge is -2.21. The van der Waals surface area contributed by atoms with Gasteiger partial charge in [0.2, 0.25) is 0 Å². The first-order valence-corrected chi connectivity index (χ1v) is 17.5. The van der Waals surface area contributed by atoms with Crippen molar-refractivity contribution in [3.63, 3.8) is 0 Å². The van der Waals surface area contributed by atoms with Crippen molar-refractivity contribution in [1.29, 1.82) is 0 Å². The third-order valence-electron chi connectivity index (χ3n) is 10.6. The number of benzene rings is 11. The fourth-order valence-corrected chi connectivity index (χ4v) is 8.48. The highest BCUT2D eigenvalue weighted by atomic mass is 14.2. The zero-order valence-electron chi connectivity index (χ0n) is 35.9. The zero-order valence-corrected chi connectivity index (χ0v) is 27.9. The molecule has 0 N–H and O–H groups in total. The molecule has 0 bridgehead atoms. The Hall–Kier alpha value is -6.76. The standard InChI is InChI=1S/C52H32/c1-2-19-36-33(15-1)16-14-30-37(36)34-17-13-18-35(31-34)50-44-26-9-11-28-46(44)52(47-29-12-10-27-45(47)50)49-32-48-40-22-4-3-20-38(40)39-21-5-7-24-42(39)51(48)43-25-8-6-23-41(43)49/h1-32H/i9D,10D,11D,12D,26D,27D,28D,29D. The van der Waals surface area contributed by atoms with E-state index < -0.39 is 24.2 Å². The summed E-state index contributed by atoms with van der Waals surface area (Å²) in [5, 5.41) is 10.8. The molecule has 11 aromatic carbocycles. The molecule has 0 spiro atoms. The van der Waals surface area contributed by atoms with E-state index in [1.165, 1.54) is 0 Å². The molecule has 0 saturated heterocycles. The van der Waals surface area contributed by atoms with E-state index in [1.54, 1.807) is 0 Å². The summed E-state index contributed by atoms with van der Waals surface area (Å²) in [7, 11) is 0. The summed E-state index contributed by atoms with van der Waals surface area (Å²) in [6.45, 7) is 0. The highest BCUT2D eigenvalue weighted by Gasteiger charge is 2.21. The van der Waals surface area contributed by atoms with E-state index in [-0.39, 0.29) is 45.7 Å². The third kappa shape index (κ3) is 4.22. The molecule has 240 valence electrons. The van der Waals surface area contributed by atoms with E-state index in [0.717, 1.165) is 65.0 Å². The second-order valence-electron chi connectivity index (χ2n) is 13.3. The molecule has 11 rings (SSSR count). The summed E-state index contributed by atoms with van der Waals surface area (Å²) in [5.74, 6) is 0. The van der Waals surface area contributed by atoms with E-state index in [0.29, 0.717) is 22.3 Å². The van der Waals surface area contributed by atoms with Crippen LogP contribution in [0.3, 0.4) is 0 Å². The first kappa shape index (κ1) is 22.1. The lowest BCUT2D eigenvalue weighted by Crippen LogP contribution is -1.93. The summed E-state index contributed by atoms with van der Waals surface area (Å²) >= 11 is 0.